The average Bonchev–Trinajstić information content (AvgIpc) is 3.12. The molecule has 0 spiro atoms. The summed E-state index contributed by atoms with van der Waals surface area (Å²) in [4.78, 5) is 23.6. The minimum atomic E-state index is -1.05. The summed E-state index contributed by atoms with van der Waals surface area (Å²) in [5.74, 6) is -1.65. The van der Waals surface area contributed by atoms with Crippen molar-refractivity contribution < 1.29 is 19.1 Å². The Morgan fingerprint density at radius 3 is 2.31 bits per heavy atom. The number of rotatable bonds is 5. The third kappa shape index (κ3) is 3.97. The predicted octanol–water partition coefficient (Wildman–Crippen LogP) is 4.74. The molecule has 0 fully saturated rings. The van der Waals surface area contributed by atoms with E-state index in [-0.39, 0.29) is 22.6 Å². The smallest absolute Gasteiger partial charge is 0.345 e. The summed E-state index contributed by atoms with van der Waals surface area (Å²) in [5, 5.41) is 11.8. The lowest BCUT2D eigenvalue weighted by molar-refractivity contribution is 0.0702. The van der Waals surface area contributed by atoms with Gasteiger partial charge in [0.25, 0.3) is 5.91 Å². The maximum atomic E-state index is 13.3. The Bertz CT molecular complexity index is 950. The monoisotopic (exact) mass is 369 g/mol. The van der Waals surface area contributed by atoms with Gasteiger partial charge >= 0.3 is 5.97 Å². The average molecular weight is 369 g/mol. The van der Waals surface area contributed by atoms with Crippen molar-refractivity contribution in [3.05, 3.63) is 81.8 Å². The lowest BCUT2D eigenvalue weighted by Crippen LogP contribution is -2.25. The van der Waals surface area contributed by atoms with Gasteiger partial charge in [0.2, 0.25) is 0 Å². The minimum Gasteiger partial charge on any atom is -0.477 e. The van der Waals surface area contributed by atoms with E-state index < -0.39 is 5.97 Å². The first-order valence-electron chi connectivity index (χ1n) is 7.94. The fourth-order valence-corrected chi connectivity index (χ4v) is 3.31. The van der Waals surface area contributed by atoms with Crippen LogP contribution in [0.1, 0.15) is 37.9 Å². The largest absolute Gasteiger partial charge is 0.477 e. The van der Waals surface area contributed by atoms with E-state index in [4.69, 9.17) is 5.11 Å². The van der Waals surface area contributed by atoms with Crippen LogP contribution in [0.5, 0.6) is 0 Å². The van der Waals surface area contributed by atoms with Gasteiger partial charge in [-0.05, 0) is 47.9 Å². The highest BCUT2D eigenvalue weighted by Crippen LogP contribution is 2.23. The van der Waals surface area contributed by atoms with E-state index in [2.05, 4.69) is 5.32 Å². The van der Waals surface area contributed by atoms with E-state index in [1.54, 1.807) is 6.07 Å². The molecule has 0 saturated carbocycles. The number of hydrogen-bond donors (Lipinski definition) is 2. The van der Waals surface area contributed by atoms with Crippen molar-refractivity contribution in [1.82, 2.24) is 5.32 Å². The van der Waals surface area contributed by atoms with E-state index in [0.29, 0.717) is 4.88 Å². The Morgan fingerprint density at radius 1 is 1.00 bits per heavy atom. The summed E-state index contributed by atoms with van der Waals surface area (Å²) >= 11 is 0.940. The van der Waals surface area contributed by atoms with Crippen LogP contribution in [-0.2, 0) is 0 Å². The fraction of sp³-hybridized carbons (Fsp3) is 0.100. The van der Waals surface area contributed by atoms with Gasteiger partial charge in [0.1, 0.15) is 10.7 Å². The maximum absolute atomic E-state index is 13.3. The quantitative estimate of drug-likeness (QED) is 0.682. The first-order chi connectivity index (χ1) is 12.4. The van der Waals surface area contributed by atoms with E-state index in [1.165, 1.54) is 24.3 Å². The van der Waals surface area contributed by atoms with Gasteiger partial charge in [0.05, 0.1) is 10.9 Å². The molecule has 132 valence electrons. The van der Waals surface area contributed by atoms with Crippen molar-refractivity contribution in [2.45, 2.75) is 13.0 Å². The number of halogens is 1. The fourth-order valence-electron chi connectivity index (χ4n) is 2.56. The molecule has 2 N–H and O–H groups in total. The normalized spacial score (nSPS) is 11.8. The SMILES string of the molecule is CC(NC(=O)c1ccc(C(=O)O)s1)c1ccc(-c2cccc(F)c2)cc1. The second-order valence-corrected chi connectivity index (χ2v) is 6.88. The molecular formula is C20H16FNO3S. The number of thiophene rings is 1. The number of carboxylic acids is 1. The standard InChI is InChI=1S/C20H16FNO3S/c1-12(22-19(23)17-9-10-18(26-17)20(24)25)13-5-7-14(8-6-13)15-3-2-4-16(21)11-15/h2-12H,1H3,(H,22,23)(H,24,25). The zero-order valence-electron chi connectivity index (χ0n) is 13.9. The summed E-state index contributed by atoms with van der Waals surface area (Å²) in [6.07, 6.45) is 0. The van der Waals surface area contributed by atoms with Crippen LogP contribution < -0.4 is 5.32 Å². The Kier molecular flexibility index (Phi) is 5.14. The molecule has 1 heterocycles. The van der Waals surface area contributed by atoms with Crippen molar-refractivity contribution in [2.24, 2.45) is 0 Å². The van der Waals surface area contributed by atoms with Gasteiger partial charge in [-0.15, -0.1) is 11.3 Å². The minimum absolute atomic E-state index is 0.127. The number of nitrogens with one attached hydrogen (secondary N) is 1. The molecule has 0 aliphatic carbocycles. The molecule has 2 aromatic carbocycles. The van der Waals surface area contributed by atoms with E-state index in [1.807, 2.05) is 37.3 Å². The summed E-state index contributed by atoms with van der Waals surface area (Å²) in [7, 11) is 0. The molecule has 26 heavy (non-hydrogen) atoms. The Balaban J connectivity index is 1.70. The molecule has 0 aliphatic heterocycles. The van der Waals surface area contributed by atoms with E-state index in [0.717, 1.165) is 28.0 Å². The zero-order chi connectivity index (χ0) is 18.7. The number of benzene rings is 2. The first-order valence-corrected chi connectivity index (χ1v) is 8.75. The zero-order valence-corrected chi connectivity index (χ0v) is 14.7. The van der Waals surface area contributed by atoms with Crippen LogP contribution >= 0.6 is 11.3 Å². The molecule has 3 rings (SSSR count). The number of aromatic carboxylic acids is 1. The van der Waals surface area contributed by atoms with Crippen LogP contribution in [-0.4, -0.2) is 17.0 Å². The van der Waals surface area contributed by atoms with E-state index >= 15 is 0 Å². The summed E-state index contributed by atoms with van der Waals surface area (Å²) in [6.45, 7) is 1.85. The number of carboxylic acid groups (broad SMARTS) is 1. The predicted molar refractivity (Wildman–Crippen MR) is 99.0 cm³/mol. The Labute approximate surface area is 153 Å². The van der Waals surface area contributed by atoms with Crippen LogP contribution in [0.4, 0.5) is 4.39 Å². The van der Waals surface area contributed by atoms with Crippen LogP contribution in [0, 0.1) is 5.82 Å². The van der Waals surface area contributed by atoms with Crippen molar-refractivity contribution in [2.75, 3.05) is 0 Å². The van der Waals surface area contributed by atoms with Gasteiger partial charge in [-0.3, -0.25) is 4.79 Å². The molecular weight excluding hydrogens is 353 g/mol. The second-order valence-electron chi connectivity index (χ2n) is 5.80. The molecule has 1 unspecified atom stereocenters. The topological polar surface area (TPSA) is 66.4 Å². The van der Waals surface area contributed by atoms with E-state index in [9.17, 15) is 14.0 Å². The maximum Gasteiger partial charge on any atom is 0.345 e. The molecule has 6 heteroatoms. The highest BCUT2D eigenvalue weighted by molar-refractivity contribution is 7.15. The molecule has 0 saturated heterocycles. The number of carbonyl (C=O) groups excluding carboxylic acids is 1. The van der Waals surface area contributed by atoms with Crippen LogP contribution in [0.3, 0.4) is 0 Å². The molecule has 3 aromatic rings. The first kappa shape index (κ1) is 17.8. The summed E-state index contributed by atoms with van der Waals surface area (Å²) in [6, 6.07) is 16.5. The number of carbonyl (C=O) groups is 2. The molecule has 1 atom stereocenters. The Hall–Kier alpha value is -2.99. The van der Waals surface area contributed by atoms with Gasteiger partial charge in [-0.2, -0.15) is 0 Å². The number of amides is 1. The van der Waals surface area contributed by atoms with Gasteiger partial charge < -0.3 is 10.4 Å². The van der Waals surface area contributed by atoms with Gasteiger partial charge in [0.15, 0.2) is 0 Å². The lowest BCUT2D eigenvalue weighted by atomic mass is 10.0. The van der Waals surface area contributed by atoms with Crippen molar-refractivity contribution in [1.29, 1.82) is 0 Å². The Morgan fingerprint density at radius 2 is 1.69 bits per heavy atom. The molecule has 0 bridgehead atoms. The van der Waals surface area contributed by atoms with Crippen LogP contribution in [0.2, 0.25) is 0 Å². The third-order valence-corrected chi connectivity index (χ3v) is 5.03. The molecule has 0 aliphatic rings. The number of hydrogen-bond acceptors (Lipinski definition) is 3. The second kappa shape index (κ2) is 7.49. The highest BCUT2D eigenvalue weighted by atomic mass is 32.1. The molecule has 0 radical (unpaired) electrons. The lowest BCUT2D eigenvalue weighted by Gasteiger charge is -2.14. The molecule has 4 nitrogen and oxygen atoms in total. The molecule has 1 aromatic heterocycles. The van der Waals surface area contributed by atoms with Crippen LogP contribution in [0.15, 0.2) is 60.7 Å². The van der Waals surface area contributed by atoms with Gasteiger partial charge in [0, 0.05) is 0 Å². The molecule has 1 amide bonds. The van der Waals surface area contributed by atoms with Crippen molar-refractivity contribution in [3.8, 4) is 11.1 Å². The van der Waals surface area contributed by atoms with Crippen LogP contribution in [0.25, 0.3) is 11.1 Å². The van der Waals surface area contributed by atoms with Crippen molar-refractivity contribution in [3.63, 3.8) is 0 Å². The van der Waals surface area contributed by atoms with Gasteiger partial charge in [-0.1, -0.05) is 36.4 Å². The third-order valence-electron chi connectivity index (χ3n) is 3.96. The summed E-state index contributed by atoms with van der Waals surface area (Å²) in [5.41, 5.74) is 2.57. The highest BCUT2D eigenvalue weighted by Gasteiger charge is 2.15. The van der Waals surface area contributed by atoms with Crippen molar-refractivity contribution >= 4 is 23.2 Å². The van der Waals surface area contributed by atoms with Gasteiger partial charge in [-0.25, -0.2) is 9.18 Å². The summed E-state index contributed by atoms with van der Waals surface area (Å²) < 4.78 is 13.3.